The first-order valence-electron chi connectivity index (χ1n) is 10.3. The van der Waals surface area contributed by atoms with E-state index in [0.29, 0.717) is 5.88 Å². The average molecular weight is 419 g/mol. The fourth-order valence-electron chi connectivity index (χ4n) is 4.19. The third-order valence-electron chi connectivity index (χ3n) is 5.69. The molecule has 2 bridgehead atoms. The number of aromatic nitrogens is 7. The summed E-state index contributed by atoms with van der Waals surface area (Å²) in [6, 6.07) is 0. The van der Waals surface area contributed by atoms with Crippen molar-refractivity contribution < 1.29 is 4.74 Å². The molecule has 1 atom stereocenters. The highest BCUT2D eigenvalue weighted by Gasteiger charge is 2.20. The Morgan fingerprint density at radius 2 is 1.84 bits per heavy atom. The van der Waals surface area contributed by atoms with E-state index >= 15 is 0 Å². The second-order valence-electron chi connectivity index (χ2n) is 8.20. The second-order valence-corrected chi connectivity index (χ2v) is 8.20. The molecule has 5 heterocycles. The van der Waals surface area contributed by atoms with Crippen molar-refractivity contribution in [3.63, 3.8) is 0 Å². The number of ether oxygens (including phenoxy) is 1. The SMILES string of the molecule is Cc1nn(C)c2c1/C=C/c1ncc3cnc(cn13)-c1cnn(C)c1O[C@@H](C)CN(C)C2. The smallest absolute Gasteiger partial charge is 0.221 e. The third-order valence-corrected chi connectivity index (χ3v) is 5.69. The lowest BCUT2D eigenvalue weighted by Gasteiger charge is -2.23. The summed E-state index contributed by atoms with van der Waals surface area (Å²) in [5, 5.41) is 9.06. The first-order valence-corrected chi connectivity index (χ1v) is 10.3. The highest BCUT2D eigenvalue weighted by Crippen LogP contribution is 2.30. The Labute approximate surface area is 180 Å². The van der Waals surface area contributed by atoms with Crippen LogP contribution in [0.5, 0.6) is 5.88 Å². The van der Waals surface area contributed by atoms with E-state index in [-0.39, 0.29) is 6.10 Å². The van der Waals surface area contributed by atoms with E-state index < -0.39 is 0 Å². The fourth-order valence-corrected chi connectivity index (χ4v) is 4.19. The monoisotopic (exact) mass is 418 g/mol. The van der Waals surface area contributed by atoms with Gasteiger partial charge in [-0.05, 0) is 33.0 Å². The lowest BCUT2D eigenvalue weighted by Crippen LogP contribution is -2.32. The van der Waals surface area contributed by atoms with E-state index in [2.05, 4.69) is 45.1 Å². The number of nitrogens with zero attached hydrogens (tertiary/aromatic N) is 8. The molecule has 31 heavy (non-hydrogen) atoms. The van der Waals surface area contributed by atoms with Gasteiger partial charge in [0.25, 0.3) is 0 Å². The van der Waals surface area contributed by atoms with Gasteiger partial charge in [0, 0.05) is 38.9 Å². The molecule has 9 nitrogen and oxygen atoms in total. The van der Waals surface area contributed by atoms with Crippen LogP contribution in [-0.4, -0.2) is 58.5 Å². The van der Waals surface area contributed by atoms with Crippen LogP contribution < -0.4 is 4.74 Å². The molecule has 0 unspecified atom stereocenters. The molecule has 4 aromatic rings. The number of hydrogen-bond acceptors (Lipinski definition) is 6. The number of fused-ring (bicyclic) bond motifs is 4. The molecule has 0 aliphatic carbocycles. The minimum Gasteiger partial charge on any atom is -0.473 e. The van der Waals surface area contributed by atoms with Crippen LogP contribution in [0.25, 0.3) is 28.9 Å². The predicted molar refractivity (Wildman–Crippen MR) is 118 cm³/mol. The number of imidazole rings is 1. The largest absolute Gasteiger partial charge is 0.473 e. The van der Waals surface area contributed by atoms with E-state index in [9.17, 15) is 0 Å². The van der Waals surface area contributed by atoms with Gasteiger partial charge < -0.3 is 4.74 Å². The summed E-state index contributed by atoms with van der Waals surface area (Å²) in [6.45, 7) is 5.63. The van der Waals surface area contributed by atoms with Crippen LogP contribution in [0.4, 0.5) is 0 Å². The van der Waals surface area contributed by atoms with Crippen LogP contribution in [0.1, 0.15) is 29.7 Å². The average Bonchev–Trinajstić information content (AvgIpc) is 3.36. The van der Waals surface area contributed by atoms with Gasteiger partial charge >= 0.3 is 0 Å². The van der Waals surface area contributed by atoms with E-state index in [1.54, 1.807) is 10.9 Å². The zero-order chi connectivity index (χ0) is 21.7. The summed E-state index contributed by atoms with van der Waals surface area (Å²) in [5.41, 5.74) is 5.85. The minimum absolute atomic E-state index is 0.0369. The Morgan fingerprint density at radius 3 is 2.68 bits per heavy atom. The van der Waals surface area contributed by atoms with Crippen molar-refractivity contribution in [2.45, 2.75) is 26.5 Å². The van der Waals surface area contributed by atoms with E-state index in [1.807, 2.05) is 54.8 Å². The van der Waals surface area contributed by atoms with Gasteiger partial charge in [-0.1, -0.05) is 0 Å². The maximum Gasteiger partial charge on any atom is 0.221 e. The highest BCUT2D eigenvalue weighted by atomic mass is 16.5. The quantitative estimate of drug-likeness (QED) is 0.437. The molecule has 0 N–H and O–H groups in total. The van der Waals surface area contributed by atoms with Gasteiger partial charge in [0.1, 0.15) is 11.9 Å². The van der Waals surface area contributed by atoms with Crippen molar-refractivity contribution in [1.82, 2.24) is 38.8 Å². The van der Waals surface area contributed by atoms with E-state index in [4.69, 9.17) is 4.74 Å². The molecular formula is C22H26N8O. The molecule has 0 radical (unpaired) electrons. The zero-order valence-corrected chi connectivity index (χ0v) is 18.4. The van der Waals surface area contributed by atoms with Crippen LogP contribution in [0.3, 0.4) is 0 Å². The Bertz CT molecular complexity index is 1290. The van der Waals surface area contributed by atoms with Crippen molar-refractivity contribution in [1.29, 1.82) is 0 Å². The summed E-state index contributed by atoms with van der Waals surface area (Å²) in [6.07, 6.45) is 11.5. The number of likely N-dealkylation sites (N-methyl/N-ethyl adjacent to an activating group) is 1. The van der Waals surface area contributed by atoms with Gasteiger partial charge in [-0.15, -0.1) is 0 Å². The van der Waals surface area contributed by atoms with Crippen molar-refractivity contribution in [2.75, 3.05) is 13.6 Å². The molecule has 160 valence electrons. The van der Waals surface area contributed by atoms with Gasteiger partial charge in [-0.3, -0.25) is 19.0 Å². The highest BCUT2D eigenvalue weighted by molar-refractivity contribution is 5.72. The molecule has 0 amide bonds. The van der Waals surface area contributed by atoms with Gasteiger partial charge in [-0.2, -0.15) is 10.2 Å². The molecule has 0 fully saturated rings. The molecular weight excluding hydrogens is 392 g/mol. The Balaban J connectivity index is 1.70. The molecule has 0 aromatic carbocycles. The number of aryl methyl sites for hydroxylation is 3. The van der Waals surface area contributed by atoms with Gasteiger partial charge in [-0.25, -0.2) is 9.67 Å². The number of rotatable bonds is 0. The lowest BCUT2D eigenvalue weighted by atomic mass is 10.1. The second kappa shape index (κ2) is 7.35. The Morgan fingerprint density at radius 1 is 1.03 bits per heavy atom. The van der Waals surface area contributed by atoms with Crippen molar-refractivity contribution >= 4 is 17.7 Å². The van der Waals surface area contributed by atoms with Gasteiger partial charge in [0.15, 0.2) is 0 Å². The first-order chi connectivity index (χ1) is 14.9. The Kier molecular flexibility index (Phi) is 4.62. The normalized spacial score (nSPS) is 18.3. The standard InChI is InChI=1S/C22H26N8O/c1-14-11-27(3)13-20-17(15(2)26-28(20)4)6-7-21-24-9-16-8-23-19(12-30(16)21)18-10-25-29(5)22(18)31-14/h6-10,12,14H,11,13H2,1-5H3/b7-6+/t14-/m0/s1. The van der Waals surface area contributed by atoms with Gasteiger partial charge in [0.05, 0.1) is 46.8 Å². The van der Waals surface area contributed by atoms with Crippen molar-refractivity contribution in [3.05, 3.63) is 47.6 Å². The molecule has 9 heteroatoms. The maximum absolute atomic E-state index is 6.34. The van der Waals surface area contributed by atoms with E-state index in [1.165, 1.54) is 0 Å². The van der Waals surface area contributed by atoms with Crippen LogP contribution in [-0.2, 0) is 20.6 Å². The predicted octanol–water partition coefficient (Wildman–Crippen LogP) is 2.55. The van der Waals surface area contributed by atoms with Crippen LogP contribution in [0, 0.1) is 6.92 Å². The molecule has 1 aliphatic heterocycles. The summed E-state index contributed by atoms with van der Waals surface area (Å²) in [7, 11) is 5.98. The molecule has 1 aliphatic rings. The summed E-state index contributed by atoms with van der Waals surface area (Å²) in [4.78, 5) is 11.5. The lowest BCUT2D eigenvalue weighted by molar-refractivity contribution is 0.147. The first kappa shape index (κ1) is 19.5. The summed E-state index contributed by atoms with van der Waals surface area (Å²) >= 11 is 0. The van der Waals surface area contributed by atoms with E-state index in [0.717, 1.165) is 52.6 Å². The van der Waals surface area contributed by atoms with Crippen molar-refractivity contribution in [2.24, 2.45) is 14.1 Å². The van der Waals surface area contributed by atoms with Crippen molar-refractivity contribution in [3.8, 4) is 17.1 Å². The third kappa shape index (κ3) is 3.40. The van der Waals surface area contributed by atoms with Crippen LogP contribution in [0.15, 0.2) is 24.8 Å². The minimum atomic E-state index is -0.0369. The Hall–Kier alpha value is -3.46. The molecule has 5 rings (SSSR count). The molecule has 4 aromatic heterocycles. The summed E-state index contributed by atoms with van der Waals surface area (Å²) < 4.78 is 12.1. The molecule has 0 saturated carbocycles. The summed E-state index contributed by atoms with van der Waals surface area (Å²) in [5.74, 6) is 1.53. The van der Waals surface area contributed by atoms with Crippen LogP contribution >= 0.6 is 0 Å². The van der Waals surface area contributed by atoms with Gasteiger partial charge in [0.2, 0.25) is 5.88 Å². The van der Waals surface area contributed by atoms with Crippen LogP contribution in [0.2, 0.25) is 0 Å². The maximum atomic E-state index is 6.34. The molecule has 0 saturated heterocycles. The molecule has 0 spiro atoms. The zero-order valence-electron chi connectivity index (χ0n) is 18.4. The number of hydrogen-bond donors (Lipinski definition) is 0. The topological polar surface area (TPSA) is 78.3 Å². The fraction of sp³-hybridized carbons (Fsp3) is 0.364.